The Morgan fingerprint density at radius 1 is 1.12 bits per heavy atom. The monoisotopic (exact) mass is 456 g/mol. The molecule has 2 aromatic carbocycles. The Kier molecular flexibility index (Phi) is 7.56. The first kappa shape index (κ1) is 23.4. The summed E-state index contributed by atoms with van der Waals surface area (Å²) in [6, 6.07) is 14.9. The van der Waals surface area contributed by atoms with E-state index in [2.05, 4.69) is 15.3 Å². The maximum Gasteiger partial charge on any atom is 0.379 e. The number of nitrogens with zero attached hydrogens (tertiary/aromatic N) is 3. The molecule has 0 spiro atoms. The van der Waals surface area contributed by atoms with Gasteiger partial charge in [0.2, 0.25) is 0 Å². The molecular weight excluding hydrogens is 431 g/mol. The molecule has 32 heavy (non-hydrogen) atoms. The number of hydrogen-bond donors (Lipinski definition) is 1. The van der Waals surface area contributed by atoms with Gasteiger partial charge in [0.1, 0.15) is 17.9 Å². The minimum atomic E-state index is -3.27. The van der Waals surface area contributed by atoms with Gasteiger partial charge in [-0.25, -0.2) is 14.5 Å². The molecule has 1 aromatic heterocycles. The van der Waals surface area contributed by atoms with Crippen LogP contribution in [0.15, 0.2) is 60.9 Å². The Hall–Kier alpha value is -3.29. The van der Waals surface area contributed by atoms with Crippen LogP contribution in [0.5, 0.6) is 5.75 Å². The summed E-state index contributed by atoms with van der Waals surface area (Å²) in [6.07, 6.45) is 2.15. The summed E-state index contributed by atoms with van der Waals surface area (Å²) in [6.45, 7) is 5.56. The summed E-state index contributed by atoms with van der Waals surface area (Å²) in [4.78, 5) is 19.0. The third kappa shape index (κ3) is 6.35. The average molecular weight is 456 g/mol. The van der Waals surface area contributed by atoms with Gasteiger partial charge in [-0.15, -0.1) is 0 Å². The number of hydrogen-bond acceptors (Lipinski definition) is 8. The van der Waals surface area contributed by atoms with E-state index < -0.39 is 12.5 Å². The number of nitrogens with one attached hydrogen (secondary N) is 1. The second-order valence-corrected chi connectivity index (χ2v) is 9.39. The second-order valence-electron chi connectivity index (χ2n) is 7.33. The predicted molar refractivity (Wildman–Crippen MR) is 123 cm³/mol. The molecule has 0 bridgehead atoms. The van der Waals surface area contributed by atoms with Crippen molar-refractivity contribution in [1.82, 2.24) is 9.97 Å². The first-order chi connectivity index (χ1) is 15.3. The van der Waals surface area contributed by atoms with E-state index in [1.165, 1.54) is 18.5 Å². The highest BCUT2D eigenvalue weighted by molar-refractivity contribution is 7.54. The van der Waals surface area contributed by atoms with Crippen molar-refractivity contribution in [3.8, 4) is 17.0 Å². The summed E-state index contributed by atoms with van der Waals surface area (Å²) in [7, 11) is -3.27. The molecule has 9 nitrogen and oxygen atoms in total. The molecule has 1 N–H and O–H groups in total. The second kappa shape index (κ2) is 10.3. The van der Waals surface area contributed by atoms with Crippen LogP contribution in [-0.4, -0.2) is 27.2 Å². The van der Waals surface area contributed by atoms with E-state index in [1.54, 1.807) is 36.4 Å². The van der Waals surface area contributed by atoms with Crippen LogP contribution >= 0.6 is 7.60 Å². The van der Waals surface area contributed by atoms with E-state index >= 15 is 0 Å². The maximum atomic E-state index is 13.0. The van der Waals surface area contributed by atoms with E-state index in [4.69, 9.17) is 9.05 Å². The van der Waals surface area contributed by atoms with Crippen molar-refractivity contribution in [3.05, 3.63) is 71.0 Å². The largest absolute Gasteiger partial charge is 0.424 e. The van der Waals surface area contributed by atoms with Crippen LogP contribution in [0.25, 0.3) is 11.3 Å². The van der Waals surface area contributed by atoms with Gasteiger partial charge in [-0.3, -0.25) is 14.6 Å². The van der Waals surface area contributed by atoms with E-state index in [0.29, 0.717) is 41.1 Å². The fraction of sp³-hybridized carbons (Fsp3) is 0.273. The molecule has 1 atom stereocenters. The number of aromatic nitrogens is 2. The Balaban J connectivity index is 1.80. The van der Waals surface area contributed by atoms with E-state index in [0.717, 1.165) is 0 Å². The van der Waals surface area contributed by atoms with Gasteiger partial charge in [-0.2, -0.15) is 0 Å². The molecule has 1 unspecified atom stereocenters. The Labute approximate surface area is 186 Å². The molecule has 3 rings (SSSR count). The molecule has 0 amide bonds. The van der Waals surface area contributed by atoms with Gasteiger partial charge in [0, 0.05) is 35.5 Å². The Bertz CT molecular complexity index is 1140. The SMILES string of the molecule is CCCP(=O)(Oc1cccc(Nc2cc(-c3cccc([N+](=O)[O-])c3)ncn2)c1)OC(C)C. The van der Waals surface area contributed by atoms with Crippen LogP contribution in [0.1, 0.15) is 27.2 Å². The zero-order chi connectivity index (χ0) is 23.1. The lowest BCUT2D eigenvalue weighted by atomic mass is 10.1. The molecule has 168 valence electrons. The summed E-state index contributed by atoms with van der Waals surface area (Å²) in [5.74, 6) is 0.911. The highest BCUT2D eigenvalue weighted by atomic mass is 31.2. The van der Waals surface area contributed by atoms with Gasteiger partial charge in [0.15, 0.2) is 0 Å². The van der Waals surface area contributed by atoms with Crippen molar-refractivity contribution < 1.29 is 18.5 Å². The fourth-order valence-electron chi connectivity index (χ4n) is 3.02. The Morgan fingerprint density at radius 3 is 2.62 bits per heavy atom. The normalized spacial score (nSPS) is 12.9. The summed E-state index contributed by atoms with van der Waals surface area (Å²) < 4.78 is 24.3. The standard InChI is InChI=1S/C22H25N4O5P/c1-4-11-32(29,30-16(2)3)31-20-10-6-8-18(13-20)25-22-14-21(23-15-24-22)17-7-5-9-19(12-17)26(27)28/h5-10,12-16H,4,11H2,1-3H3,(H,23,24,25). The van der Waals surface area contributed by atoms with E-state index in [9.17, 15) is 14.7 Å². The minimum absolute atomic E-state index is 0.0133. The molecule has 0 aliphatic rings. The summed E-state index contributed by atoms with van der Waals surface area (Å²) in [5, 5.41) is 14.2. The number of anilines is 2. The molecule has 0 saturated heterocycles. The molecule has 0 saturated carbocycles. The lowest BCUT2D eigenvalue weighted by molar-refractivity contribution is -0.384. The van der Waals surface area contributed by atoms with Crippen LogP contribution < -0.4 is 9.84 Å². The quantitative estimate of drug-likeness (QED) is 0.218. The number of non-ortho nitro benzene ring substituents is 1. The molecule has 0 aliphatic carbocycles. The van der Waals surface area contributed by atoms with Crippen molar-refractivity contribution >= 4 is 24.8 Å². The lowest BCUT2D eigenvalue weighted by Crippen LogP contribution is -2.08. The molecule has 0 aliphatic heterocycles. The smallest absolute Gasteiger partial charge is 0.379 e. The zero-order valence-electron chi connectivity index (χ0n) is 18.1. The van der Waals surface area contributed by atoms with Crippen molar-refractivity contribution in [1.29, 1.82) is 0 Å². The van der Waals surface area contributed by atoms with Crippen LogP contribution in [-0.2, 0) is 9.09 Å². The van der Waals surface area contributed by atoms with Gasteiger partial charge in [-0.05, 0) is 32.4 Å². The lowest BCUT2D eigenvalue weighted by Gasteiger charge is -2.21. The highest BCUT2D eigenvalue weighted by Crippen LogP contribution is 2.50. The molecule has 1 heterocycles. The summed E-state index contributed by atoms with van der Waals surface area (Å²) >= 11 is 0. The van der Waals surface area contributed by atoms with Gasteiger partial charge < -0.3 is 9.84 Å². The topological polar surface area (TPSA) is 116 Å². The molecule has 3 aromatic rings. The van der Waals surface area contributed by atoms with Crippen LogP contribution in [0.4, 0.5) is 17.2 Å². The predicted octanol–water partition coefficient (Wildman–Crippen LogP) is 6.20. The summed E-state index contributed by atoms with van der Waals surface area (Å²) in [5.41, 5.74) is 1.80. The van der Waals surface area contributed by atoms with Crippen molar-refractivity contribution in [3.63, 3.8) is 0 Å². The molecular formula is C22H25N4O5P. The Morgan fingerprint density at radius 2 is 1.91 bits per heavy atom. The number of rotatable bonds is 10. The van der Waals surface area contributed by atoms with Gasteiger partial charge in [0.25, 0.3) is 5.69 Å². The molecule has 0 fully saturated rings. The zero-order valence-corrected chi connectivity index (χ0v) is 19.0. The molecule has 10 heteroatoms. The third-order valence-corrected chi connectivity index (χ3v) is 6.47. The first-order valence-corrected chi connectivity index (χ1v) is 11.9. The number of nitro benzene ring substituents is 1. The van der Waals surface area contributed by atoms with Crippen molar-refractivity contribution in [2.75, 3.05) is 11.5 Å². The van der Waals surface area contributed by atoms with Crippen molar-refractivity contribution in [2.24, 2.45) is 0 Å². The van der Waals surface area contributed by atoms with Crippen LogP contribution in [0.3, 0.4) is 0 Å². The van der Waals surface area contributed by atoms with Crippen LogP contribution in [0, 0.1) is 10.1 Å². The third-order valence-electron chi connectivity index (χ3n) is 4.24. The fourth-order valence-corrected chi connectivity index (χ4v) is 4.88. The van der Waals surface area contributed by atoms with Gasteiger partial charge >= 0.3 is 7.60 Å². The average Bonchev–Trinajstić information content (AvgIpc) is 2.73. The molecule has 0 radical (unpaired) electrons. The van der Waals surface area contributed by atoms with Gasteiger partial charge in [-0.1, -0.05) is 25.1 Å². The number of benzene rings is 2. The maximum absolute atomic E-state index is 13.0. The van der Waals surface area contributed by atoms with Crippen molar-refractivity contribution in [2.45, 2.75) is 33.3 Å². The van der Waals surface area contributed by atoms with Crippen LogP contribution in [0.2, 0.25) is 0 Å². The number of nitro groups is 1. The van der Waals surface area contributed by atoms with E-state index in [1.807, 2.05) is 26.8 Å². The van der Waals surface area contributed by atoms with E-state index in [-0.39, 0.29) is 11.8 Å². The highest BCUT2D eigenvalue weighted by Gasteiger charge is 2.26. The van der Waals surface area contributed by atoms with Gasteiger partial charge in [0.05, 0.1) is 22.9 Å². The minimum Gasteiger partial charge on any atom is -0.424 e. The first-order valence-electron chi connectivity index (χ1n) is 10.2.